The highest BCUT2D eigenvalue weighted by atomic mass is 16.6. The molecule has 4 aliphatic rings. The van der Waals surface area contributed by atoms with Crippen molar-refractivity contribution in [3.8, 4) is 0 Å². The first-order valence-electron chi connectivity index (χ1n) is 25.0. The molecule has 1 saturated carbocycles. The fourth-order valence-corrected chi connectivity index (χ4v) is 10.5. The van der Waals surface area contributed by atoms with E-state index in [4.69, 9.17) is 28.4 Å². The number of aliphatic hydroxyl groups is 3. The summed E-state index contributed by atoms with van der Waals surface area (Å²) in [6.45, 7) is 12.9. The number of piperidine rings is 1. The summed E-state index contributed by atoms with van der Waals surface area (Å²) in [7, 11) is 4.58. The normalized spacial score (nSPS) is 39.2. The lowest BCUT2D eigenvalue weighted by Crippen LogP contribution is -2.61. The van der Waals surface area contributed by atoms with E-state index >= 15 is 0 Å². The molecule has 2 bridgehead atoms. The minimum absolute atomic E-state index is 0.0158. The Morgan fingerprint density at radius 3 is 2.26 bits per heavy atom. The van der Waals surface area contributed by atoms with Gasteiger partial charge in [-0.05, 0) is 107 Å². The van der Waals surface area contributed by atoms with Crippen LogP contribution in [0.4, 0.5) is 0 Å². The summed E-state index contributed by atoms with van der Waals surface area (Å²) >= 11 is 0. The quantitative estimate of drug-likeness (QED) is 0.134. The lowest BCUT2D eigenvalue weighted by atomic mass is 9.78. The Hall–Kier alpha value is -3.41. The van der Waals surface area contributed by atoms with Crippen molar-refractivity contribution >= 4 is 29.2 Å². The molecular formula is C53H83NO14. The predicted molar refractivity (Wildman–Crippen MR) is 256 cm³/mol. The largest absolute Gasteiger partial charge is 0.460 e. The number of ketones is 3. The molecule has 3 heterocycles. The maximum Gasteiger partial charge on any atom is 0.329 e. The summed E-state index contributed by atoms with van der Waals surface area (Å²) in [5.41, 5.74) is 1.26. The summed E-state index contributed by atoms with van der Waals surface area (Å²) in [4.78, 5) is 72.1. The van der Waals surface area contributed by atoms with Crippen molar-refractivity contribution in [3.05, 3.63) is 47.6 Å². The molecule has 2 saturated heterocycles. The number of amides is 1. The zero-order valence-corrected chi connectivity index (χ0v) is 42.4. The van der Waals surface area contributed by atoms with E-state index in [1.54, 1.807) is 41.1 Å². The van der Waals surface area contributed by atoms with Crippen molar-refractivity contribution in [2.45, 2.75) is 180 Å². The van der Waals surface area contributed by atoms with Gasteiger partial charge in [0.15, 0.2) is 5.78 Å². The van der Waals surface area contributed by atoms with E-state index in [-0.39, 0.29) is 74.1 Å². The number of ether oxygens (including phenoxy) is 6. The highest BCUT2D eigenvalue weighted by molar-refractivity contribution is 6.39. The summed E-state index contributed by atoms with van der Waals surface area (Å²) in [5, 5.41) is 32.8. The molecule has 15 heteroatoms. The highest BCUT2D eigenvalue weighted by Crippen LogP contribution is 2.38. The molecule has 15 nitrogen and oxygen atoms in total. The van der Waals surface area contributed by atoms with E-state index in [1.807, 2.05) is 58.1 Å². The van der Waals surface area contributed by atoms with E-state index in [0.29, 0.717) is 63.4 Å². The van der Waals surface area contributed by atoms with Gasteiger partial charge in [0.05, 0.1) is 37.6 Å². The lowest BCUT2D eigenvalue weighted by molar-refractivity contribution is -0.265. The maximum atomic E-state index is 14.5. The smallest absolute Gasteiger partial charge is 0.329 e. The van der Waals surface area contributed by atoms with Gasteiger partial charge in [0, 0.05) is 58.5 Å². The van der Waals surface area contributed by atoms with Gasteiger partial charge in [-0.3, -0.25) is 19.2 Å². The van der Waals surface area contributed by atoms with Crippen LogP contribution in [0.3, 0.4) is 0 Å². The molecular weight excluding hydrogens is 875 g/mol. The van der Waals surface area contributed by atoms with Crippen molar-refractivity contribution in [2.24, 2.45) is 35.5 Å². The third-order valence-corrected chi connectivity index (χ3v) is 14.9. The van der Waals surface area contributed by atoms with Crippen molar-refractivity contribution in [1.82, 2.24) is 4.90 Å². The topological polar surface area (TPSA) is 205 Å². The molecule has 0 aromatic carbocycles. The van der Waals surface area contributed by atoms with Crippen LogP contribution in [-0.2, 0) is 52.4 Å². The molecule has 0 aromatic rings. The summed E-state index contributed by atoms with van der Waals surface area (Å²) in [5.74, 6) is -7.96. The third kappa shape index (κ3) is 15.3. The van der Waals surface area contributed by atoms with E-state index in [0.717, 1.165) is 12.0 Å². The van der Waals surface area contributed by atoms with Gasteiger partial charge < -0.3 is 48.6 Å². The van der Waals surface area contributed by atoms with Crippen LogP contribution in [0.25, 0.3) is 0 Å². The molecule has 0 spiro atoms. The zero-order valence-electron chi connectivity index (χ0n) is 42.4. The van der Waals surface area contributed by atoms with Crippen LogP contribution in [0.5, 0.6) is 0 Å². The van der Waals surface area contributed by atoms with Gasteiger partial charge in [-0.25, -0.2) is 4.79 Å². The number of methoxy groups -OCH3 is 3. The standard InChI is InChI=1S/C53H83NO14/c1-32-16-12-11-13-17-33(2)44(63-8)30-40-21-19-38(7)53(62,68-40)50(59)51(60)54-23-15-14-18-41(54)52(61)67-45(35(4)28-39-20-22-43(66-25-24-55)46(29-39)64-9)31-42(56)34(3)27-37(6)48(58)49(65-10)47(57)36(5)26-32/h11-13,16-17,27,32,34-36,38-41,43-46,48-49,55,58,62H,14-15,18-26,28-31H2,1-10H3/b13-11-,16-12+,33-17+,37-27-/t32-,34-,35+,36-,38-,39+,40+,41+,43-,44+,45+,46-,48-,49+,53-/m1/s1. The van der Waals surface area contributed by atoms with E-state index in [2.05, 4.69) is 0 Å². The molecule has 1 amide bonds. The minimum Gasteiger partial charge on any atom is -0.460 e. The molecule has 384 valence electrons. The van der Waals surface area contributed by atoms with Crippen molar-refractivity contribution in [1.29, 1.82) is 0 Å². The average Bonchev–Trinajstić information content (AvgIpc) is 3.32. The molecule has 3 N–H and O–H groups in total. The van der Waals surface area contributed by atoms with E-state index in [1.165, 1.54) is 12.0 Å². The number of nitrogens with zero attached hydrogens (tertiary/aromatic N) is 1. The Bertz CT molecular complexity index is 1810. The second-order valence-electron chi connectivity index (χ2n) is 20.2. The Kier molecular flexibility index (Phi) is 22.9. The predicted octanol–water partition coefficient (Wildman–Crippen LogP) is 6.20. The monoisotopic (exact) mass is 958 g/mol. The fourth-order valence-electron chi connectivity index (χ4n) is 10.5. The molecule has 0 radical (unpaired) electrons. The number of hydrogen-bond donors (Lipinski definition) is 3. The maximum absolute atomic E-state index is 14.5. The number of fused-ring (bicyclic) bond motifs is 3. The lowest BCUT2D eigenvalue weighted by Gasteiger charge is -2.42. The number of aliphatic hydroxyl groups excluding tert-OH is 2. The fraction of sp³-hybridized carbons (Fsp3) is 0.755. The number of Topliss-reactive ketones (excluding diaryl/α,β-unsaturated/α-hetero) is 3. The van der Waals surface area contributed by atoms with Gasteiger partial charge in [0.25, 0.3) is 11.7 Å². The van der Waals surface area contributed by atoms with Gasteiger partial charge in [0.1, 0.15) is 30.1 Å². The van der Waals surface area contributed by atoms with Crippen LogP contribution in [0, 0.1) is 35.5 Å². The second kappa shape index (κ2) is 27.3. The summed E-state index contributed by atoms with van der Waals surface area (Å²) in [6.07, 6.45) is 12.0. The van der Waals surface area contributed by atoms with Gasteiger partial charge in [-0.1, -0.05) is 71.1 Å². The minimum atomic E-state index is -2.43. The molecule has 15 atom stereocenters. The van der Waals surface area contributed by atoms with Crippen LogP contribution >= 0.6 is 0 Å². The SMILES string of the molecule is CO[C@H]1C[C@@H]2CC[C@@H](C)[C@@](O)(O2)C(=O)C(=O)N2CCCC[C@H]2C(=O)O[C@H]([C@@H](C)C[C@@H]2CC[C@@H](OCCO)[C@H](OC)C2)CC(=O)[C@H](C)/C=C(/C)[C@@H](O)[C@@H](OC)C(=O)[C@H](C)C[C@H](C)/C=C/C=C\C=C\1C. The first-order chi connectivity index (χ1) is 32.3. The second-order valence-corrected chi connectivity index (χ2v) is 20.2. The van der Waals surface area contributed by atoms with Crippen LogP contribution in [0.2, 0.25) is 0 Å². The van der Waals surface area contributed by atoms with Gasteiger partial charge >= 0.3 is 5.97 Å². The molecule has 68 heavy (non-hydrogen) atoms. The Morgan fingerprint density at radius 2 is 1.59 bits per heavy atom. The Labute approximate surface area is 405 Å². The van der Waals surface area contributed by atoms with Crippen molar-refractivity contribution in [2.75, 3.05) is 41.1 Å². The van der Waals surface area contributed by atoms with Crippen LogP contribution in [-0.4, -0.2) is 145 Å². The molecule has 1 aliphatic carbocycles. The first-order valence-corrected chi connectivity index (χ1v) is 25.0. The van der Waals surface area contributed by atoms with Gasteiger partial charge in [-0.2, -0.15) is 0 Å². The van der Waals surface area contributed by atoms with E-state index < -0.39 is 77.8 Å². The van der Waals surface area contributed by atoms with Crippen LogP contribution in [0.15, 0.2) is 47.6 Å². The number of allylic oxidation sites excluding steroid dienone is 6. The zero-order chi connectivity index (χ0) is 50.3. The highest BCUT2D eigenvalue weighted by Gasteiger charge is 2.53. The number of esters is 1. The number of rotatable bonds is 9. The van der Waals surface area contributed by atoms with Gasteiger partial charge in [-0.15, -0.1) is 0 Å². The Morgan fingerprint density at radius 1 is 0.853 bits per heavy atom. The third-order valence-electron chi connectivity index (χ3n) is 14.9. The molecule has 3 fully saturated rings. The molecule has 0 aromatic heterocycles. The average molecular weight is 958 g/mol. The number of cyclic esters (lactones) is 1. The molecule has 4 rings (SSSR count). The van der Waals surface area contributed by atoms with Gasteiger partial charge in [0.2, 0.25) is 5.79 Å². The number of hydrogen-bond acceptors (Lipinski definition) is 14. The summed E-state index contributed by atoms with van der Waals surface area (Å²) < 4.78 is 35.6. The van der Waals surface area contributed by atoms with E-state index in [9.17, 15) is 39.3 Å². The molecule has 3 aliphatic heterocycles. The van der Waals surface area contributed by atoms with Crippen LogP contribution in [0.1, 0.15) is 126 Å². The summed E-state index contributed by atoms with van der Waals surface area (Å²) in [6, 6.07) is -1.14. The Balaban J connectivity index is 1.70. The van der Waals surface area contributed by atoms with Crippen molar-refractivity contribution < 1.29 is 67.7 Å². The first kappa shape index (κ1) is 57.2. The number of carbonyl (C=O) groups is 5. The van der Waals surface area contributed by atoms with Crippen molar-refractivity contribution in [3.63, 3.8) is 0 Å². The van der Waals surface area contributed by atoms with Crippen LogP contribution < -0.4 is 0 Å². The molecule has 0 unspecified atom stereocenters. The number of carbonyl (C=O) groups excluding carboxylic acids is 5.